The van der Waals surface area contributed by atoms with Crippen molar-refractivity contribution in [2.75, 3.05) is 0 Å². The lowest BCUT2D eigenvalue weighted by molar-refractivity contribution is -0.152. The molecule has 2 heterocycles. The third-order valence-electron chi connectivity index (χ3n) is 6.51. The third kappa shape index (κ3) is 3.01. The molecule has 5 fully saturated rings. The van der Waals surface area contributed by atoms with Crippen molar-refractivity contribution in [3.63, 3.8) is 0 Å². The van der Waals surface area contributed by atoms with E-state index >= 15 is 0 Å². The molecule has 1 N–H and O–H groups in total. The van der Waals surface area contributed by atoms with Gasteiger partial charge in [0.25, 0.3) is 5.91 Å². The van der Waals surface area contributed by atoms with Gasteiger partial charge in [-0.1, -0.05) is 17.8 Å². The number of hydrazine groups is 1. The number of amides is 2. The molecule has 0 spiro atoms. The van der Waals surface area contributed by atoms with Crippen LogP contribution in [0.25, 0.3) is 6.08 Å². The van der Waals surface area contributed by atoms with E-state index in [1.165, 1.54) is 36.0 Å². The monoisotopic (exact) mass is 399 g/mol. The van der Waals surface area contributed by atoms with E-state index in [-0.39, 0.29) is 17.2 Å². The lowest BCUT2D eigenvalue weighted by Crippen LogP contribution is -2.57. The van der Waals surface area contributed by atoms with Gasteiger partial charge < -0.3 is 0 Å². The van der Waals surface area contributed by atoms with Gasteiger partial charge in [0, 0.05) is 12.4 Å². The van der Waals surface area contributed by atoms with Gasteiger partial charge >= 0.3 is 0 Å². The molecule has 7 heteroatoms. The average molecular weight is 400 g/mol. The molecule has 5 aliphatic rings. The molecule has 5 nitrogen and oxygen atoms in total. The Labute approximate surface area is 167 Å². The number of thioether (sulfide) groups is 1. The minimum Gasteiger partial charge on any atom is -0.273 e. The first-order valence-corrected chi connectivity index (χ1v) is 10.7. The normalized spacial score (nSPS) is 35.9. The maximum atomic E-state index is 13.2. The second-order valence-electron chi connectivity index (χ2n) is 8.44. The zero-order chi connectivity index (χ0) is 18.6. The minimum absolute atomic E-state index is 0.0134. The lowest BCUT2D eigenvalue weighted by atomic mass is 9.49. The maximum Gasteiger partial charge on any atom is 0.285 e. The maximum absolute atomic E-state index is 13.2. The van der Waals surface area contributed by atoms with Crippen LogP contribution < -0.4 is 5.43 Å². The fraction of sp³-hybridized carbons (Fsp3) is 0.500. The molecule has 1 aliphatic heterocycles. The Morgan fingerprint density at radius 2 is 1.93 bits per heavy atom. The number of nitrogens with one attached hydrogen (secondary N) is 1. The fourth-order valence-electron chi connectivity index (χ4n) is 5.79. The van der Waals surface area contributed by atoms with Gasteiger partial charge in [-0.25, -0.2) is 0 Å². The minimum atomic E-state index is -0.300. The first-order chi connectivity index (χ1) is 13.0. The molecule has 1 aromatic heterocycles. The fourth-order valence-corrected chi connectivity index (χ4v) is 6.97. The number of hydrogen-bond donors (Lipinski definition) is 1. The Morgan fingerprint density at radius 3 is 2.52 bits per heavy atom. The molecule has 4 aliphatic carbocycles. The van der Waals surface area contributed by atoms with E-state index in [2.05, 4.69) is 10.4 Å². The van der Waals surface area contributed by atoms with E-state index in [4.69, 9.17) is 12.2 Å². The van der Waals surface area contributed by atoms with Crippen LogP contribution in [0, 0.1) is 23.2 Å². The number of hydrogen-bond acceptors (Lipinski definition) is 5. The first-order valence-electron chi connectivity index (χ1n) is 9.51. The van der Waals surface area contributed by atoms with Crippen molar-refractivity contribution < 1.29 is 9.59 Å². The molecule has 27 heavy (non-hydrogen) atoms. The van der Waals surface area contributed by atoms with Crippen molar-refractivity contribution in [2.45, 2.75) is 38.5 Å². The van der Waals surface area contributed by atoms with Gasteiger partial charge in [0.05, 0.1) is 10.3 Å². The molecule has 0 atom stereocenters. The third-order valence-corrected chi connectivity index (χ3v) is 7.81. The van der Waals surface area contributed by atoms with Crippen LogP contribution in [0.3, 0.4) is 0 Å². The van der Waals surface area contributed by atoms with Gasteiger partial charge in [-0.05, 0) is 86.2 Å². The van der Waals surface area contributed by atoms with Crippen molar-refractivity contribution in [3.05, 3.63) is 35.0 Å². The Kier molecular flexibility index (Phi) is 4.13. The second-order valence-corrected chi connectivity index (χ2v) is 10.1. The van der Waals surface area contributed by atoms with E-state index in [0.717, 1.165) is 24.8 Å². The van der Waals surface area contributed by atoms with E-state index < -0.39 is 0 Å². The van der Waals surface area contributed by atoms with Crippen molar-refractivity contribution in [2.24, 2.45) is 23.2 Å². The summed E-state index contributed by atoms with van der Waals surface area (Å²) in [6, 6.07) is 3.70. The Morgan fingerprint density at radius 1 is 1.26 bits per heavy atom. The summed E-state index contributed by atoms with van der Waals surface area (Å²) in [7, 11) is 0. The van der Waals surface area contributed by atoms with Crippen LogP contribution >= 0.6 is 24.0 Å². The van der Waals surface area contributed by atoms with E-state index in [1.807, 2.05) is 12.1 Å². The summed E-state index contributed by atoms with van der Waals surface area (Å²) >= 11 is 6.59. The van der Waals surface area contributed by atoms with Gasteiger partial charge in [0.2, 0.25) is 5.91 Å². The van der Waals surface area contributed by atoms with Crippen molar-refractivity contribution in [1.29, 1.82) is 0 Å². The molecule has 1 aromatic rings. The van der Waals surface area contributed by atoms with Crippen LogP contribution in [0.4, 0.5) is 0 Å². The van der Waals surface area contributed by atoms with Gasteiger partial charge in [0.15, 0.2) is 4.32 Å². The summed E-state index contributed by atoms with van der Waals surface area (Å²) in [5, 5.41) is 1.27. The van der Waals surface area contributed by atoms with Crippen LogP contribution in [-0.4, -0.2) is 26.1 Å². The Bertz CT molecular complexity index is 817. The summed E-state index contributed by atoms with van der Waals surface area (Å²) in [5.74, 6) is 1.77. The number of pyridine rings is 1. The highest BCUT2D eigenvalue weighted by molar-refractivity contribution is 8.26. The van der Waals surface area contributed by atoms with Crippen molar-refractivity contribution in [1.82, 2.24) is 15.4 Å². The summed E-state index contributed by atoms with van der Waals surface area (Å²) < 4.78 is 0.383. The average Bonchev–Trinajstić information content (AvgIpc) is 2.89. The Balaban J connectivity index is 1.34. The summed E-state index contributed by atoms with van der Waals surface area (Å²) in [6.07, 6.45) is 11.9. The number of nitrogens with zero attached hydrogens (tertiary/aromatic N) is 2. The number of thiocarbonyl (C=S) groups is 1. The molecule has 4 saturated carbocycles. The topological polar surface area (TPSA) is 62.3 Å². The number of rotatable bonds is 3. The lowest BCUT2D eigenvalue weighted by Gasteiger charge is -2.55. The molecular weight excluding hydrogens is 378 g/mol. The van der Waals surface area contributed by atoms with Crippen LogP contribution in [0.2, 0.25) is 0 Å². The van der Waals surface area contributed by atoms with E-state index in [9.17, 15) is 9.59 Å². The largest absolute Gasteiger partial charge is 0.285 e. The molecule has 0 aromatic carbocycles. The van der Waals surface area contributed by atoms with Crippen LogP contribution in [0.5, 0.6) is 0 Å². The smallest absolute Gasteiger partial charge is 0.273 e. The highest BCUT2D eigenvalue weighted by atomic mass is 32.2. The summed E-state index contributed by atoms with van der Waals surface area (Å²) in [4.78, 5) is 30.6. The molecular formula is C20H21N3O2S2. The van der Waals surface area contributed by atoms with Gasteiger partial charge in [0.1, 0.15) is 0 Å². The molecule has 0 unspecified atom stereocenters. The SMILES string of the molecule is O=C1/C(=C\c2cccnc2)SC(=S)N1NC(=O)C12CC3CC(CC(C3)C1)C2. The molecule has 1 saturated heterocycles. The number of carbonyl (C=O) groups excluding carboxylic acids is 2. The number of aromatic nitrogens is 1. The summed E-state index contributed by atoms with van der Waals surface area (Å²) in [6.45, 7) is 0. The predicted molar refractivity (Wildman–Crippen MR) is 108 cm³/mol. The summed E-state index contributed by atoms with van der Waals surface area (Å²) in [5.41, 5.74) is 3.42. The quantitative estimate of drug-likeness (QED) is 0.622. The highest BCUT2D eigenvalue weighted by Crippen LogP contribution is 2.60. The molecule has 6 rings (SSSR count). The van der Waals surface area contributed by atoms with Crippen molar-refractivity contribution >= 4 is 46.2 Å². The zero-order valence-corrected chi connectivity index (χ0v) is 16.5. The first kappa shape index (κ1) is 17.4. The van der Waals surface area contributed by atoms with Crippen molar-refractivity contribution in [3.8, 4) is 0 Å². The van der Waals surface area contributed by atoms with Gasteiger partial charge in [-0.2, -0.15) is 5.01 Å². The highest BCUT2D eigenvalue weighted by Gasteiger charge is 2.55. The molecule has 2 amide bonds. The van der Waals surface area contributed by atoms with Gasteiger partial charge in [-0.15, -0.1) is 0 Å². The predicted octanol–water partition coefficient (Wildman–Crippen LogP) is 3.53. The molecule has 140 valence electrons. The Hall–Kier alpha value is -1.73. The van der Waals surface area contributed by atoms with E-state index in [0.29, 0.717) is 27.0 Å². The van der Waals surface area contributed by atoms with E-state index in [1.54, 1.807) is 18.5 Å². The van der Waals surface area contributed by atoms with Gasteiger partial charge in [-0.3, -0.25) is 20.0 Å². The number of carbonyl (C=O) groups is 2. The molecule has 4 bridgehead atoms. The standard InChI is InChI=1S/C20H21N3O2S2/c24-17-16(7-12-2-1-3-21-11-12)27-19(26)23(17)22-18(25)20-8-13-4-14(9-20)6-15(5-13)10-20/h1-3,7,11,13-15H,4-6,8-10H2,(H,22,25)/b16-7+. The van der Waals surface area contributed by atoms with Crippen LogP contribution in [0.15, 0.2) is 29.4 Å². The second kappa shape index (κ2) is 6.41. The van der Waals surface area contributed by atoms with Crippen LogP contribution in [-0.2, 0) is 9.59 Å². The van der Waals surface area contributed by atoms with Crippen LogP contribution in [0.1, 0.15) is 44.1 Å². The zero-order valence-electron chi connectivity index (χ0n) is 14.9. The molecule has 0 radical (unpaired) electrons.